The largest absolute Gasteiger partial charge is 0.497 e. The van der Waals surface area contributed by atoms with Gasteiger partial charge in [-0.15, -0.1) is 12.4 Å². The van der Waals surface area contributed by atoms with E-state index in [1.165, 1.54) is 6.07 Å². The zero-order valence-corrected chi connectivity index (χ0v) is 18.4. The number of fused-ring (bicyclic) bond motifs is 1. The van der Waals surface area contributed by atoms with Crippen molar-refractivity contribution in [1.82, 2.24) is 10.6 Å². The lowest BCUT2D eigenvalue weighted by Gasteiger charge is -2.28. The SMILES string of the molecule is COc1ccc(OC)c(C(C)NC(=O)NC2CCCc3cc(OC(F)F)ccc32)c1.Cl. The number of aryl methyl sites for hydroxylation is 1. The van der Waals surface area contributed by atoms with E-state index in [4.69, 9.17) is 9.47 Å². The third-order valence-electron chi connectivity index (χ3n) is 5.21. The third-order valence-corrected chi connectivity index (χ3v) is 5.21. The fourth-order valence-corrected chi connectivity index (χ4v) is 3.77. The molecular formula is C22H27ClF2N2O4. The first-order valence-corrected chi connectivity index (χ1v) is 9.78. The molecule has 2 amide bonds. The molecule has 0 fully saturated rings. The maximum atomic E-state index is 12.7. The summed E-state index contributed by atoms with van der Waals surface area (Å²) >= 11 is 0. The minimum Gasteiger partial charge on any atom is -0.497 e. The number of nitrogens with one attached hydrogen (secondary N) is 2. The number of hydrogen-bond donors (Lipinski definition) is 2. The number of alkyl halides is 2. The lowest BCUT2D eigenvalue weighted by Crippen LogP contribution is -2.40. The van der Waals surface area contributed by atoms with Crippen molar-refractivity contribution in [3.63, 3.8) is 0 Å². The topological polar surface area (TPSA) is 68.8 Å². The summed E-state index contributed by atoms with van der Waals surface area (Å²) in [5.41, 5.74) is 2.63. The Morgan fingerprint density at radius 2 is 1.84 bits per heavy atom. The van der Waals surface area contributed by atoms with Gasteiger partial charge in [0.1, 0.15) is 17.2 Å². The van der Waals surface area contributed by atoms with Gasteiger partial charge in [0, 0.05) is 5.56 Å². The number of ether oxygens (including phenoxy) is 3. The zero-order valence-electron chi connectivity index (χ0n) is 17.6. The van der Waals surface area contributed by atoms with E-state index in [0.29, 0.717) is 11.5 Å². The molecule has 3 rings (SSSR count). The first-order chi connectivity index (χ1) is 14.4. The summed E-state index contributed by atoms with van der Waals surface area (Å²) < 4.78 is 40.1. The molecule has 2 atom stereocenters. The molecule has 0 radical (unpaired) electrons. The number of carbonyl (C=O) groups is 1. The van der Waals surface area contributed by atoms with Crippen molar-refractivity contribution in [1.29, 1.82) is 0 Å². The van der Waals surface area contributed by atoms with Crippen molar-refractivity contribution in [3.05, 3.63) is 53.1 Å². The maximum Gasteiger partial charge on any atom is 0.387 e. The van der Waals surface area contributed by atoms with E-state index in [0.717, 1.165) is 36.0 Å². The number of hydrogen-bond acceptors (Lipinski definition) is 4. The zero-order chi connectivity index (χ0) is 21.7. The molecule has 0 aromatic heterocycles. The first kappa shape index (κ1) is 24.5. The molecule has 6 nitrogen and oxygen atoms in total. The number of methoxy groups -OCH3 is 2. The van der Waals surface area contributed by atoms with Crippen LogP contribution in [-0.4, -0.2) is 26.9 Å². The summed E-state index contributed by atoms with van der Waals surface area (Å²) in [7, 11) is 3.15. The van der Waals surface area contributed by atoms with Crippen molar-refractivity contribution < 1.29 is 27.8 Å². The minimum absolute atomic E-state index is 0. The number of carbonyl (C=O) groups excluding carboxylic acids is 1. The van der Waals surface area contributed by atoms with Crippen molar-refractivity contribution in [2.75, 3.05) is 14.2 Å². The normalized spacial score (nSPS) is 15.9. The standard InChI is InChI=1S/C22H26F2N2O4.ClH/c1-13(18-12-15(28-2)8-10-20(18)29-3)25-22(27)26-19-6-4-5-14-11-16(30-21(23)24)7-9-17(14)19;/h7-13,19,21H,4-6H2,1-3H3,(H2,25,26,27);1H. The van der Waals surface area contributed by atoms with Crippen LogP contribution in [0.5, 0.6) is 17.2 Å². The minimum atomic E-state index is -2.86. The number of rotatable bonds is 7. The van der Waals surface area contributed by atoms with E-state index < -0.39 is 6.61 Å². The maximum absolute atomic E-state index is 12.7. The molecule has 2 aromatic rings. The van der Waals surface area contributed by atoms with Gasteiger partial charge >= 0.3 is 12.6 Å². The summed E-state index contributed by atoms with van der Waals surface area (Å²) in [6.45, 7) is -0.999. The molecule has 0 heterocycles. The van der Waals surface area contributed by atoms with Crippen LogP contribution in [0.1, 0.15) is 48.5 Å². The summed E-state index contributed by atoms with van der Waals surface area (Å²) in [5.74, 6) is 1.45. The fourth-order valence-electron chi connectivity index (χ4n) is 3.77. The van der Waals surface area contributed by atoms with E-state index in [-0.39, 0.29) is 36.3 Å². The van der Waals surface area contributed by atoms with Gasteiger partial charge in [-0.3, -0.25) is 0 Å². The summed E-state index contributed by atoms with van der Waals surface area (Å²) in [6, 6.07) is 9.44. The van der Waals surface area contributed by atoms with Crippen LogP contribution >= 0.6 is 12.4 Å². The second kappa shape index (κ2) is 11.0. The van der Waals surface area contributed by atoms with Crippen molar-refractivity contribution in [2.45, 2.75) is 44.9 Å². The Bertz CT molecular complexity index is 898. The molecule has 0 saturated heterocycles. The molecule has 0 aliphatic heterocycles. The van der Waals surface area contributed by atoms with Gasteiger partial charge in [0.05, 0.1) is 26.3 Å². The average Bonchev–Trinajstić information content (AvgIpc) is 2.72. The van der Waals surface area contributed by atoms with Gasteiger partial charge in [-0.1, -0.05) is 6.07 Å². The smallest absolute Gasteiger partial charge is 0.387 e. The van der Waals surface area contributed by atoms with Gasteiger partial charge < -0.3 is 24.8 Å². The summed E-state index contributed by atoms with van der Waals surface area (Å²) in [5, 5.41) is 5.92. The Morgan fingerprint density at radius 3 is 2.52 bits per heavy atom. The summed E-state index contributed by atoms with van der Waals surface area (Å²) in [4.78, 5) is 12.7. The Hall–Kier alpha value is -2.74. The highest BCUT2D eigenvalue weighted by molar-refractivity contribution is 5.85. The highest BCUT2D eigenvalue weighted by Gasteiger charge is 2.24. The molecule has 0 bridgehead atoms. The van der Waals surface area contributed by atoms with Crippen LogP contribution < -0.4 is 24.8 Å². The monoisotopic (exact) mass is 456 g/mol. The molecule has 170 valence electrons. The van der Waals surface area contributed by atoms with E-state index in [2.05, 4.69) is 15.4 Å². The van der Waals surface area contributed by atoms with E-state index >= 15 is 0 Å². The number of amides is 2. The van der Waals surface area contributed by atoms with Gasteiger partial charge in [0.15, 0.2) is 0 Å². The second-order valence-corrected chi connectivity index (χ2v) is 7.13. The van der Waals surface area contributed by atoms with Gasteiger partial charge in [0.2, 0.25) is 0 Å². The highest BCUT2D eigenvalue weighted by atomic mass is 35.5. The number of urea groups is 1. The summed E-state index contributed by atoms with van der Waals surface area (Å²) in [6.07, 6.45) is 2.37. The predicted molar refractivity (Wildman–Crippen MR) is 116 cm³/mol. The Morgan fingerprint density at radius 1 is 1.10 bits per heavy atom. The second-order valence-electron chi connectivity index (χ2n) is 7.13. The lowest BCUT2D eigenvalue weighted by molar-refractivity contribution is -0.0499. The van der Waals surface area contributed by atoms with Crippen LogP contribution in [0.2, 0.25) is 0 Å². The van der Waals surface area contributed by atoms with Crippen molar-refractivity contribution in [2.24, 2.45) is 0 Å². The van der Waals surface area contributed by atoms with Gasteiger partial charge in [-0.05, 0) is 67.6 Å². The van der Waals surface area contributed by atoms with Crippen LogP contribution in [0.15, 0.2) is 36.4 Å². The van der Waals surface area contributed by atoms with Gasteiger partial charge in [0.25, 0.3) is 0 Å². The van der Waals surface area contributed by atoms with E-state index in [9.17, 15) is 13.6 Å². The van der Waals surface area contributed by atoms with Crippen LogP contribution in [0.4, 0.5) is 13.6 Å². The Kier molecular flexibility index (Phi) is 8.74. The molecule has 2 N–H and O–H groups in total. The van der Waals surface area contributed by atoms with E-state index in [1.54, 1.807) is 38.5 Å². The third kappa shape index (κ3) is 6.13. The highest BCUT2D eigenvalue weighted by Crippen LogP contribution is 2.33. The first-order valence-electron chi connectivity index (χ1n) is 9.78. The molecule has 0 spiro atoms. The van der Waals surface area contributed by atoms with Crippen LogP contribution in [0, 0.1) is 0 Å². The van der Waals surface area contributed by atoms with Gasteiger partial charge in [-0.25, -0.2) is 4.79 Å². The number of halogens is 3. The quantitative estimate of drug-likeness (QED) is 0.603. The molecule has 2 aromatic carbocycles. The van der Waals surface area contributed by atoms with Crippen LogP contribution in [-0.2, 0) is 6.42 Å². The molecule has 2 unspecified atom stereocenters. The molecule has 1 aliphatic rings. The molecule has 9 heteroatoms. The molecule has 1 aliphatic carbocycles. The predicted octanol–water partition coefficient (Wildman–Crippen LogP) is 5.16. The van der Waals surface area contributed by atoms with E-state index in [1.807, 2.05) is 13.0 Å². The van der Waals surface area contributed by atoms with Crippen molar-refractivity contribution >= 4 is 18.4 Å². The Labute approximate surface area is 186 Å². The average molecular weight is 457 g/mol. The molecule has 0 saturated carbocycles. The van der Waals surface area contributed by atoms with Crippen LogP contribution in [0.25, 0.3) is 0 Å². The van der Waals surface area contributed by atoms with Gasteiger partial charge in [-0.2, -0.15) is 8.78 Å². The lowest BCUT2D eigenvalue weighted by atomic mass is 9.87. The fraction of sp³-hybridized carbons (Fsp3) is 0.409. The molecule has 31 heavy (non-hydrogen) atoms. The van der Waals surface area contributed by atoms with Crippen molar-refractivity contribution in [3.8, 4) is 17.2 Å². The van der Waals surface area contributed by atoms with Crippen LogP contribution in [0.3, 0.4) is 0 Å². The number of benzene rings is 2. The Balaban J connectivity index is 0.00000341. The molecular weight excluding hydrogens is 430 g/mol.